The predicted molar refractivity (Wildman–Crippen MR) is 96.9 cm³/mol. The number of ether oxygens (including phenoxy) is 2. The SMILES string of the molecule is COc1ccc(F)cc1S(=O)(=O)N1CCC(Oc2cc(C)nc(C)n2)CC1. The van der Waals surface area contributed by atoms with Gasteiger partial charge in [-0.3, -0.25) is 0 Å². The van der Waals surface area contributed by atoms with Gasteiger partial charge in [0.2, 0.25) is 15.9 Å². The molecule has 0 N–H and O–H groups in total. The van der Waals surface area contributed by atoms with Gasteiger partial charge in [-0.1, -0.05) is 0 Å². The van der Waals surface area contributed by atoms with E-state index in [0.717, 1.165) is 11.8 Å². The van der Waals surface area contributed by atoms with Crippen LogP contribution >= 0.6 is 0 Å². The van der Waals surface area contributed by atoms with Gasteiger partial charge < -0.3 is 9.47 Å². The zero-order chi connectivity index (χ0) is 19.6. The van der Waals surface area contributed by atoms with Crippen LogP contribution in [-0.2, 0) is 10.0 Å². The molecule has 0 spiro atoms. The van der Waals surface area contributed by atoms with E-state index in [-0.39, 0.29) is 29.8 Å². The van der Waals surface area contributed by atoms with Gasteiger partial charge in [-0.15, -0.1) is 0 Å². The van der Waals surface area contributed by atoms with E-state index in [1.54, 1.807) is 13.0 Å². The lowest BCUT2D eigenvalue weighted by atomic mass is 10.1. The van der Waals surface area contributed by atoms with Crippen molar-refractivity contribution in [2.75, 3.05) is 20.2 Å². The lowest BCUT2D eigenvalue weighted by Gasteiger charge is -2.31. The standard InChI is InChI=1S/C18H22FN3O4S/c1-12-10-18(21-13(2)20-12)26-15-6-8-22(9-7-15)27(23,24)17-11-14(19)4-5-16(17)25-3/h4-5,10-11,15H,6-9H2,1-3H3. The van der Waals surface area contributed by atoms with E-state index < -0.39 is 15.8 Å². The summed E-state index contributed by atoms with van der Waals surface area (Å²) < 4.78 is 51.7. The predicted octanol–water partition coefficient (Wildman–Crippen LogP) is 2.47. The van der Waals surface area contributed by atoms with Crippen molar-refractivity contribution in [3.8, 4) is 11.6 Å². The fourth-order valence-electron chi connectivity index (χ4n) is 3.10. The van der Waals surface area contributed by atoms with Crippen molar-refractivity contribution in [2.45, 2.75) is 37.7 Å². The molecule has 0 bridgehead atoms. The van der Waals surface area contributed by atoms with Crippen LogP contribution in [0.15, 0.2) is 29.2 Å². The van der Waals surface area contributed by atoms with Crippen LogP contribution in [0.4, 0.5) is 4.39 Å². The number of hydrogen-bond acceptors (Lipinski definition) is 6. The minimum atomic E-state index is -3.85. The van der Waals surface area contributed by atoms with Crippen LogP contribution in [0.1, 0.15) is 24.4 Å². The third kappa shape index (κ3) is 4.36. The molecule has 0 aliphatic carbocycles. The maximum Gasteiger partial charge on any atom is 0.246 e. The Balaban J connectivity index is 1.70. The minimum Gasteiger partial charge on any atom is -0.495 e. The molecule has 146 valence electrons. The number of benzene rings is 1. The maximum atomic E-state index is 13.6. The van der Waals surface area contributed by atoms with Gasteiger partial charge in [-0.2, -0.15) is 9.29 Å². The lowest BCUT2D eigenvalue weighted by Crippen LogP contribution is -2.41. The lowest BCUT2D eigenvalue weighted by molar-refractivity contribution is 0.129. The summed E-state index contributed by atoms with van der Waals surface area (Å²) in [5.41, 5.74) is 0.815. The number of sulfonamides is 1. The highest BCUT2D eigenvalue weighted by Crippen LogP contribution is 2.30. The average Bonchev–Trinajstić information content (AvgIpc) is 2.61. The summed E-state index contributed by atoms with van der Waals surface area (Å²) in [5, 5.41) is 0. The molecule has 1 saturated heterocycles. The molecule has 0 saturated carbocycles. The molecular formula is C18H22FN3O4S. The monoisotopic (exact) mass is 395 g/mol. The Morgan fingerprint density at radius 2 is 1.85 bits per heavy atom. The Bertz CT molecular complexity index is 908. The number of rotatable bonds is 5. The van der Waals surface area contributed by atoms with Crippen LogP contribution in [0, 0.1) is 19.7 Å². The molecule has 0 amide bonds. The van der Waals surface area contributed by atoms with Crippen LogP contribution in [0.3, 0.4) is 0 Å². The van der Waals surface area contributed by atoms with Gasteiger partial charge in [0.25, 0.3) is 0 Å². The number of methoxy groups -OCH3 is 1. The zero-order valence-corrected chi connectivity index (χ0v) is 16.3. The van der Waals surface area contributed by atoms with E-state index >= 15 is 0 Å². The second kappa shape index (κ2) is 7.77. The number of hydrogen-bond donors (Lipinski definition) is 0. The fraction of sp³-hybridized carbons (Fsp3) is 0.444. The van der Waals surface area contributed by atoms with Crippen molar-refractivity contribution < 1.29 is 22.3 Å². The molecule has 3 rings (SSSR count). The summed E-state index contributed by atoms with van der Waals surface area (Å²) in [4.78, 5) is 8.30. The van der Waals surface area contributed by atoms with Crippen molar-refractivity contribution in [2.24, 2.45) is 0 Å². The smallest absolute Gasteiger partial charge is 0.246 e. The first-order valence-electron chi connectivity index (χ1n) is 8.62. The first kappa shape index (κ1) is 19.5. The third-order valence-corrected chi connectivity index (χ3v) is 6.29. The van der Waals surface area contributed by atoms with Gasteiger partial charge in [0.15, 0.2) is 0 Å². The summed E-state index contributed by atoms with van der Waals surface area (Å²) >= 11 is 0. The van der Waals surface area contributed by atoms with Crippen molar-refractivity contribution in [1.29, 1.82) is 0 Å². The number of piperidine rings is 1. The topological polar surface area (TPSA) is 81.6 Å². The quantitative estimate of drug-likeness (QED) is 0.774. The van der Waals surface area contributed by atoms with E-state index in [0.29, 0.717) is 24.5 Å². The first-order valence-corrected chi connectivity index (χ1v) is 10.1. The molecule has 1 aliphatic rings. The van der Waals surface area contributed by atoms with Crippen LogP contribution in [-0.4, -0.2) is 49.0 Å². The van der Waals surface area contributed by atoms with Crippen LogP contribution in [0.5, 0.6) is 11.6 Å². The Morgan fingerprint density at radius 1 is 1.15 bits per heavy atom. The molecular weight excluding hydrogens is 373 g/mol. The molecule has 7 nitrogen and oxygen atoms in total. The molecule has 2 heterocycles. The molecule has 1 aromatic heterocycles. The molecule has 2 aromatic rings. The van der Waals surface area contributed by atoms with Crippen LogP contribution < -0.4 is 9.47 Å². The van der Waals surface area contributed by atoms with Gasteiger partial charge in [-0.05, 0) is 44.9 Å². The maximum absolute atomic E-state index is 13.6. The third-order valence-electron chi connectivity index (χ3n) is 4.37. The van der Waals surface area contributed by atoms with E-state index in [9.17, 15) is 12.8 Å². The number of nitrogens with zero attached hydrogens (tertiary/aromatic N) is 3. The molecule has 1 aromatic carbocycles. The van der Waals surface area contributed by atoms with Crippen molar-refractivity contribution in [1.82, 2.24) is 14.3 Å². The van der Waals surface area contributed by atoms with Crippen molar-refractivity contribution in [3.63, 3.8) is 0 Å². The van der Waals surface area contributed by atoms with Gasteiger partial charge in [0, 0.05) is 24.8 Å². The summed E-state index contributed by atoms with van der Waals surface area (Å²) in [5.74, 6) is 0.625. The van der Waals surface area contributed by atoms with E-state index in [4.69, 9.17) is 9.47 Å². The fourth-order valence-corrected chi connectivity index (χ4v) is 4.73. The number of aryl methyl sites for hydroxylation is 2. The summed E-state index contributed by atoms with van der Waals surface area (Å²) in [6.07, 6.45) is 0.886. The highest BCUT2D eigenvalue weighted by molar-refractivity contribution is 7.89. The van der Waals surface area contributed by atoms with E-state index in [1.807, 2.05) is 6.92 Å². The number of halogens is 1. The summed E-state index contributed by atoms with van der Waals surface area (Å²) in [7, 11) is -2.49. The Morgan fingerprint density at radius 3 is 2.48 bits per heavy atom. The highest BCUT2D eigenvalue weighted by Gasteiger charge is 2.32. The van der Waals surface area contributed by atoms with E-state index in [1.165, 1.54) is 23.5 Å². The second-order valence-electron chi connectivity index (χ2n) is 6.41. The Labute approximate surface area is 158 Å². The molecule has 0 unspecified atom stereocenters. The molecule has 0 atom stereocenters. The van der Waals surface area contributed by atoms with Gasteiger partial charge in [0.1, 0.15) is 28.4 Å². The Hall–Kier alpha value is -2.26. The van der Waals surface area contributed by atoms with Gasteiger partial charge in [-0.25, -0.2) is 17.8 Å². The first-order chi connectivity index (χ1) is 12.8. The molecule has 27 heavy (non-hydrogen) atoms. The van der Waals surface area contributed by atoms with Gasteiger partial charge in [0.05, 0.1) is 7.11 Å². The van der Waals surface area contributed by atoms with Crippen LogP contribution in [0.2, 0.25) is 0 Å². The average molecular weight is 395 g/mol. The summed E-state index contributed by atoms with van der Waals surface area (Å²) in [6.45, 7) is 4.20. The largest absolute Gasteiger partial charge is 0.495 e. The Kier molecular flexibility index (Phi) is 5.61. The second-order valence-corrected chi connectivity index (χ2v) is 8.32. The zero-order valence-electron chi connectivity index (χ0n) is 15.5. The molecule has 1 fully saturated rings. The van der Waals surface area contributed by atoms with Crippen molar-refractivity contribution >= 4 is 10.0 Å². The molecule has 0 radical (unpaired) electrons. The highest BCUT2D eigenvalue weighted by atomic mass is 32.2. The van der Waals surface area contributed by atoms with Crippen molar-refractivity contribution in [3.05, 3.63) is 41.6 Å². The normalized spacial score (nSPS) is 16.3. The van der Waals surface area contributed by atoms with Gasteiger partial charge >= 0.3 is 0 Å². The molecule has 9 heteroatoms. The van der Waals surface area contributed by atoms with E-state index in [2.05, 4.69) is 9.97 Å². The molecule has 1 aliphatic heterocycles. The number of aromatic nitrogens is 2. The summed E-state index contributed by atoms with van der Waals surface area (Å²) in [6, 6.07) is 5.23. The minimum absolute atomic E-state index is 0.127. The van der Waals surface area contributed by atoms with Crippen LogP contribution in [0.25, 0.3) is 0 Å².